The zero-order chi connectivity index (χ0) is 11.3. The Labute approximate surface area is 92.6 Å². The maximum absolute atomic E-state index is 11.7. The van der Waals surface area contributed by atoms with Gasteiger partial charge >= 0.3 is 0 Å². The van der Waals surface area contributed by atoms with Gasteiger partial charge in [0.15, 0.2) is 0 Å². The fourth-order valence-electron chi connectivity index (χ4n) is 1.90. The first-order chi connectivity index (χ1) is 7.05. The average molecular weight is 213 g/mol. The normalized spacial score (nSPS) is 23.4. The summed E-state index contributed by atoms with van der Waals surface area (Å²) in [5.74, 6) is 0.432. The minimum atomic E-state index is -0.105. The van der Waals surface area contributed by atoms with E-state index in [-0.39, 0.29) is 17.4 Å². The number of hydrogen-bond donors (Lipinski definition) is 1. The number of rotatable bonds is 4. The standard InChI is InChI=1S/C12H23NO2/c1-12(2,15-3)8-7-10-6-4-5-9-13-11(10)14/h10H,4-9H2,1-3H3,(H,13,14). The van der Waals surface area contributed by atoms with E-state index in [2.05, 4.69) is 19.2 Å². The van der Waals surface area contributed by atoms with Gasteiger partial charge in [-0.3, -0.25) is 4.79 Å². The zero-order valence-corrected chi connectivity index (χ0v) is 10.1. The molecule has 3 nitrogen and oxygen atoms in total. The second-order valence-corrected chi connectivity index (χ2v) is 4.99. The molecule has 0 saturated carbocycles. The van der Waals surface area contributed by atoms with E-state index in [1.165, 1.54) is 0 Å². The fourth-order valence-corrected chi connectivity index (χ4v) is 1.90. The molecular formula is C12H23NO2. The summed E-state index contributed by atoms with van der Waals surface area (Å²) in [5, 5.41) is 2.97. The second-order valence-electron chi connectivity index (χ2n) is 4.99. The molecule has 0 aromatic heterocycles. The van der Waals surface area contributed by atoms with Gasteiger partial charge in [-0.15, -0.1) is 0 Å². The molecule has 0 spiro atoms. The largest absolute Gasteiger partial charge is 0.379 e. The number of carbonyl (C=O) groups excluding carboxylic acids is 1. The predicted molar refractivity (Wildman–Crippen MR) is 60.7 cm³/mol. The smallest absolute Gasteiger partial charge is 0.223 e. The quantitative estimate of drug-likeness (QED) is 0.776. The lowest BCUT2D eigenvalue weighted by Gasteiger charge is -2.24. The van der Waals surface area contributed by atoms with Gasteiger partial charge in [0, 0.05) is 19.6 Å². The van der Waals surface area contributed by atoms with Gasteiger partial charge in [0.1, 0.15) is 0 Å². The van der Waals surface area contributed by atoms with Crippen LogP contribution in [0.25, 0.3) is 0 Å². The van der Waals surface area contributed by atoms with E-state index in [4.69, 9.17) is 4.74 Å². The first-order valence-corrected chi connectivity index (χ1v) is 5.88. The molecule has 0 aromatic rings. The summed E-state index contributed by atoms with van der Waals surface area (Å²) in [6.45, 7) is 4.99. The summed E-state index contributed by atoms with van der Waals surface area (Å²) in [5.41, 5.74) is -0.105. The highest BCUT2D eigenvalue weighted by Crippen LogP contribution is 2.23. The molecule has 0 aromatic carbocycles. The molecule has 1 heterocycles. The first kappa shape index (κ1) is 12.5. The molecule has 88 valence electrons. The van der Waals surface area contributed by atoms with Gasteiger partial charge in [0.05, 0.1) is 5.60 Å². The van der Waals surface area contributed by atoms with Crippen molar-refractivity contribution in [2.45, 2.75) is 51.6 Å². The maximum atomic E-state index is 11.7. The van der Waals surface area contributed by atoms with Gasteiger partial charge in [0.2, 0.25) is 5.91 Å². The van der Waals surface area contributed by atoms with Crippen molar-refractivity contribution in [3.63, 3.8) is 0 Å². The Morgan fingerprint density at radius 3 is 2.87 bits per heavy atom. The summed E-state index contributed by atoms with van der Waals surface area (Å²) in [4.78, 5) is 11.7. The number of nitrogens with one attached hydrogen (secondary N) is 1. The fraction of sp³-hybridized carbons (Fsp3) is 0.917. The van der Waals surface area contributed by atoms with E-state index in [0.29, 0.717) is 0 Å². The molecule has 1 atom stereocenters. The van der Waals surface area contributed by atoms with Crippen LogP contribution in [-0.2, 0) is 9.53 Å². The highest BCUT2D eigenvalue weighted by molar-refractivity contribution is 5.78. The van der Waals surface area contributed by atoms with Crippen molar-refractivity contribution in [2.24, 2.45) is 5.92 Å². The summed E-state index contributed by atoms with van der Waals surface area (Å²) in [6, 6.07) is 0. The molecule has 1 aliphatic heterocycles. The molecule has 1 saturated heterocycles. The van der Waals surface area contributed by atoms with Crippen LogP contribution in [0.3, 0.4) is 0 Å². The third-order valence-corrected chi connectivity index (χ3v) is 3.30. The van der Waals surface area contributed by atoms with E-state index < -0.39 is 0 Å². The van der Waals surface area contributed by atoms with Crippen molar-refractivity contribution in [3.8, 4) is 0 Å². The summed E-state index contributed by atoms with van der Waals surface area (Å²) in [6.07, 6.45) is 5.20. The van der Waals surface area contributed by atoms with Crippen LogP contribution >= 0.6 is 0 Å². The zero-order valence-electron chi connectivity index (χ0n) is 10.1. The van der Waals surface area contributed by atoms with Gasteiger partial charge in [-0.2, -0.15) is 0 Å². The van der Waals surface area contributed by atoms with Gasteiger partial charge < -0.3 is 10.1 Å². The van der Waals surface area contributed by atoms with Crippen molar-refractivity contribution in [3.05, 3.63) is 0 Å². The van der Waals surface area contributed by atoms with E-state index in [0.717, 1.165) is 38.6 Å². The Morgan fingerprint density at radius 1 is 1.47 bits per heavy atom. The Kier molecular flexibility index (Phi) is 4.58. The topological polar surface area (TPSA) is 38.3 Å². The van der Waals surface area contributed by atoms with Crippen molar-refractivity contribution < 1.29 is 9.53 Å². The number of methoxy groups -OCH3 is 1. The Morgan fingerprint density at radius 2 is 2.20 bits per heavy atom. The minimum absolute atomic E-state index is 0.105. The lowest BCUT2D eigenvalue weighted by atomic mass is 9.91. The lowest BCUT2D eigenvalue weighted by Crippen LogP contribution is -2.31. The summed E-state index contributed by atoms with van der Waals surface area (Å²) in [7, 11) is 1.73. The lowest BCUT2D eigenvalue weighted by molar-refractivity contribution is -0.125. The SMILES string of the molecule is COC(C)(C)CCC1CCCCNC1=O. The van der Waals surface area contributed by atoms with Gasteiger partial charge in [-0.25, -0.2) is 0 Å². The molecule has 0 radical (unpaired) electrons. The third-order valence-electron chi connectivity index (χ3n) is 3.30. The number of hydrogen-bond acceptors (Lipinski definition) is 2. The first-order valence-electron chi connectivity index (χ1n) is 5.88. The highest BCUT2D eigenvalue weighted by atomic mass is 16.5. The molecule has 1 aliphatic rings. The van der Waals surface area contributed by atoms with Crippen LogP contribution in [0.2, 0.25) is 0 Å². The number of amides is 1. The van der Waals surface area contributed by atoms with Gasteiger partial charge in [-0.05, 0) is 39.5 Å². The number of ether oxygens (including phenoxy) is 1. The molecule has 0 aliphatic carbocycles. The van der Waals surface area contributed by atoms with Crippen LogP contribution in [0.15, 0.2) is 0 Å². The average Bonchev–Trinajstić information content (AvgIpc) is 2.40. The van der Waals surface area contributed by atoms with Crippen molar-refractivity contribution in [2.75, 3.05) is 13.7 Å². The van der Waals surface area contributed by atoms with Crippen LogP contribution in [0, 0.1) is 5.92 Å². The molecule has 0 bridgehead atoms. The summed E-state index contributed by atoms with van der Waals surface area (Å²) < 4.78 is 5.36. The van der Waals surface area contributed by atoms with Crippen molar-refractivity contribution in [1.82, 2.24) is 5.32 Å². The minimum Gasteiger partial charge on any atom is -0.379 e. The Bertz CT molecular complexity index is 214. The highest BCUT2D eigenvalue weighted by Gasteiger charge is 2.24. The molecule has 1 N–H and O–H groups in total. The van der Waals surface area contributed by atoms with E-state index in [1.807, 2.05) is 0 Å². The van der Waals surface area contributed by atoms with Crippen LogP contribution in [0.4, 0.5) is 0 Å². The maximum Gasteiger partial charge on any atom is 0.223 e. The van der Waals surface area contributed by atoms with Crippen LogP contribution in [-0.4, -0.2) is 25.2 Å². The van der Waals surface area contributed by atoms with Gasteiger partial charge in [-0.1, -0.05) is 6.42 Å². The molecule has 3 heteroatoms. The van der Waals surface area contributed by atoms with Crippen LogP contribution in [0.5, 0.6) is 0 Å². The van der Waals surface area contributed by atoms with E-state index in [1.54, 1.807) is 7.11 Å². The summed E-state index contributed by atoms with van der Waals surface area (Å²) >= 11 is 0. The Hall–Kier alpha value is -0.570. The van der Waals surface area contributed by atoms with E-state index >= 15 is 0 Å². The van der Waals surface area contributed by atoms with Crippen molar-refractivity contribution in [1.29, 1.82) is 0 Å². The molecule has 1 unspecified atom stereocenters. The van der Waals surface area contributed by atoms with Crippen molar-refractivity contribution >= 4 is 5.91 Å². The second kappa shape index (κ2) is 5.50. The monoisotopic (exact) mass is 213 g/mol. The Balaban J connectivity index is 2.39. The van der Waals surface area contributed by atoms with Gasteiger partial charge in [0.25, 0.3) is 0 Å². The molecule has 1 fully saturated rings. The molecular weight excluding hydrogens is 190 g/mol. The molecule has 1 amide bonds. The predicted octanol–water partition coefficient (Wildman–Crippen LogP) is 2.11. The third kappa shape index (κ3) is 4.20. The van der Waals surface area contributed by atoms with Crippen LogP contribution < -0.4 is 5.32 Å². The molecule has 15 heavy (non-hydrogen) atoms. The number of carbonyl (C=O) groups is 1. The molecule has 1 rings (SSSR count). The van der Waals surface area contributed by atoms with Crippen LogP contribution in [0.1, 0.15) is 46.0 Å². The van der Waals surface area contributed by atoms with E-state index in [9.17, 15) is 4.79 Å².